The third-order valence-electron chi connectivity index (χ3n) is 3.23. The van der Waals surface area contributed by atoms with Gasteiger partial charge in [0.1, 0.15) is 21.3 Å². The average Bonchev–Trinajstić information content (AvgIpc) is 3.19. The van der Waals surface area contributed by atoms with E-state index in [0.29, 0.717) is 35.3 Å². The fourth-order valence-electron chi connectivity index (χ4n) is 2.02. The summed E-state index contributed by atoms with van der Waals surface area (Å²) in [6.07, 6.45) is 7.71. The smallest absolute Gasteiger partial charge is 0.263 e. The monoisotopic (exact) mass is 478 g/mol. The van der Waals surface area contributed by atoms with Gasteiger partial charge in [-0.05, 0) is 10.9 Å². The molecule has 10 heteroatoms. The lowest BCUT2D eigenvalue weighted by Gasteiger charge is -2.01. The van der Waals surface area contributed by atoms with E-state index in [-0.39, 0.29) is 28.8 Å². The Morgan fingerprint density at radius 2 is 2.00 bits per heavy atom. The summed E-state index contributed by atoms with van der Waals surface area (Å²) < 4.78 is 0. The van der Waals surface area contributed by atoms with Crippen molar-refractivity contribution >= 4 is 45.4 Å². The van der Waals surface area contributed by atoms with Crippen LogP contribution in [0.5, 0.6) is 0 Å². The van der Waals surface area contributed by atoms with Crippen LogP contribution >= 0.6 is 22.7 Å². The molecule has 2 aromatic heterocycles. The van der Waals surface area contributed by atoms with E-state index < -0.39 is 0 Å². The van der Waals surface area contributed by atoms with Crippen molar-refractivity contribution in [3.8, 4) is 10.7 Å². The molecule has 144 valence electrons. The van der Waals surface area contributed by atoms with Crippen molar-refractivity contribution in [3.05, 3.63) is 21.5 Å². The van der Waals surface area contributed by atoms with Gasteiger partial charge < -0.3 is 27.6 Å². The van der Waals surface area contributed by atoms with Gasteiger partial charge in [0.25, 0.3) is 5.91 Å². The lowest BCUT2D eigenvalue weighted by atomic mass is 10.4. The van der Waals surface area contributed by atoms with Crippen molar-refractivity contribution in [1.29, 1.82) is 0 Å². The number of rotatable bonds is 9. The number of aromatic nitrogens is 2. The summed E-state index contributed by atoms with van der Waals surface area (Å²) in [7, 11) is 0.410. The van der Waals surface area contributed by atoms with Gasteiger partial charge in [-0.25, -0.2) is 9.97 Å². The standard InChI is InChI=1S/C16H22N4O2S3.BrH/c1-11(21)17-7-5-14-20-12(10-23-14)16-19-9-13(24-16)15(22)18-6-4-8-25(2)3;/h9-10H,4-8H2,1-3H3,(H-,17,18,21,22);1H. The molecule has 26 heavy (non-hydrogen) atoms. The van der Waals surface area contributed by atoms with Gasteiger partial charge in [0.2, 0.25) is 5.91 Å². The average molecular weight is 479 g/mol. The number of hydrogen-bond acceptors (Lipinski definition) is 6. The molecular weight excluding hydrogens is 456 g/mol. The Morgan fingerprint density at radius 3 is 2.69 bits per heavy atom. The van der Waals surface area contributed by atoms with Crippen LogP contribution < -0.4 is 27.6 Å². The molecule has 0 spiro atoms. The first-order chi connectivity index (χ1) is 12.0. The van der Waals surface area contributed by atoms with Crippen LogP contribution in [0.3, 0.4) is 0 Å². The number of nitrogens with zero attached hydrogens (tertiary/aromatic N) is 2. The van der Waals surface area contributed by atoms with Crippen molar-refractivity contribution < 1.29 is 26.6 Å². The summed E-state index contributed by atoms with van der Waals surface area (Å²) in [6, 6.07) is 0. The number of hydrogen-bond donors (Lipinski definition) is 2. The van der Waals surface area contributed by atoms with E-state index in [1.807, 2.05) is 5.38 Å². The molecule has 0 fully saturated rings. The van der Waals surface area contributed by atoms with Crippen molar-refractivity contribution in [2.45, 2.75) is 19.8 Å². The number of carbonyl (C=O) groups excluding carboxylic acids is 2. The molecule has 6 nitrogen and oxygen atoms in total. The highest BCUT2D eigenvalue weighted by atomic mass is 79.9. The van der Waals surface area contributed by atoms with Crippen LogP contribution in [0, 0.1) is 0 Å². The number of thiazole rings is 2. The molecule has 2 N–H and O–H groups in total. The van der Waals surface area contributed by atoms with Gasteiger partial charge in [0.15, 0.2) is 0 Å². The van der Waals surface area contributed by atoms with Crippen molar-refractivity contribution in [2.24, 2.45) is 0 Å². The summed E-state index contributed by atoms with van der Waals surface area (Å²) in [5.41, 5.74) is 0.785. The summed E-state index contributed by atoms with van der Waals surface area (Å²) in [6.45, 7) is 2.77. The fraction of sp³-hybridized carbons (Fsp3) is 0.500. The van der Waals surface area contributed by atoms with Crippen molar-refractivity contribution in [3.63, 3.8) is 0 Å². The Balaban J connectivity index is 0.00000338. The highest BCUT2D eigenvalue weighted by Crippen LogP contribution is 2.26. The van der Waals surface area contributed by atoms with Crippen LogP contribution in [0.1, 0.15) is 28.0 Å². The SMILES string of the molecule is CC(=O)NCCc1nc(-c2ncc(C(=O)NCCC[S+](C)C)s2)cs1.[Br-]. The van der Waals surface area contributed by atoms with Gasteiger partial charge in [-0.3, -0.25) is 9.59 Å². The van der Waals surface area contributed by atoms with Crippen molar-refractivity contribution in [2.75, 3.05) is 31.4 Å². The molecule has 0 atom stereocenters. The number of amides is 2. The van der Waals surface area contributed by atoms with Crippen LogP contribution in [0.25, 0.3) is 10.7 Å². The number of carbonyl (C=O) groups is 2. The Labute approximate surface area is 175 Å². The minimum Gasteiger partial charge on any atom is -1.00 e. The van der Waals surface area contributed by atoms with Crippen LogP contribution in [-0.4, -0.2) is 53.1 Å². The second-order valence-corrected chi connectivity index (χ2v) is 10.0. The molecular formula is C16H23BrN4O2S3. The maximum absolute atomic E-state index is 12.1. The molecule has 0 aliphatic rings. The zero-order valence-electron chi connectivity index (χ0n) is 15.0. The van der Waals surface area contributed by atoms with Crippen molar-refractivity contribution in [1.82, 2.24) is 20.6 Å². The molecule has 0 aliphatic heterocycles. The maximum Gasteiger partial charge on any atom is 0.263 e. The molecule has 0 unspecified atom stereocenters. The lowest BCUT2D eigenvalue weighted by Crippen LogP contribution is -3.00. The van der Waals surface area contributed by atoms with Crippen LogP contribution in [0.2, 0.25) is 0 Å². The van der Waals surface area contributed by atoms with E-state index in [2.05, 4.69) is 33.1 Å². The third-order valence-corrected chi connectivity index (χ3v) is 6.26. The van der Waals surface area contributed by atoms with E-state index in [1.165, 1.54) is 29.6 Å². The van der Waals surface area contributed by atoms with E-state index in [1.54, 1.807) is 6.20 Å². The van der Waals surface area contributed by atoms with E-state index in [9.17, 15) is 9.59 Å². The highest BCUT2D eigenvalue weighted by molar-refractivity contribution is 7.95. The quantitative estimate of drug-likeness (QED) is 0.355. The molecule has 0 radical (unpaired) electrons. The number of nitrogens with one attached hydrogen (secondary N) is 2. The zero-order chi connectivity index (χ0) is 18.2. The normalized spacial score (nSPS) is 10.5. The fourth-order valence-corrected chi connectivity index (χ4v) is 4.39. The Bertz CT molecular complexity index is 718. The second kappa shape index (κ2) is 11.7. The first kappa shape index (κ1) is 23.1. The van der Waals surface area contributed by atoms with Gasteiger partial charge in [0, 0.05) is 38.2 Å². The Kier molecular flexibility index (Phi) is 10.4. The van der Waals surface area contributed by atoms with E-state index in [4.69, 9.17) is 0 Å². The Hall–Kier alpha value is -0.970. The molecule has 2 amide bonds. The summed E-state index contributed by atoms with van der Waals surface area (Å²) in [5.74, 6) is 1.02. The second-order valence-electron chi connectivity index (χ2n) is 5.69. The van der Waals surface area contributed by atoms with Gasteiger partial charge in [-0.2, -0.15) is 0 Å². The zero-order valence-corrected chi connectivity index (χ0v) is 19.0. The molecule has 0 bridgehead atoms. The molecule has 2 aromatic rings. The lowest BCUT2D eigenvalue weighted by molar-refractivity contribution is -0.118. The molecule has 0 aliphatic carbocycles. The topological polar surface area (TPSA) is 84.0 Å². The Morgan fingerprint density at radius 1 is 1.23 bits per heavy atom. The van der Waals surface area contributed by atoms with Gasteiger partial charge in [-0.1, -0.05) is 0 Å². The molecule has 0 aromatic carbocycles. The van der Waals surface area contributed by atoms with Crippen LogP contribution in [-0.2, 0) is 22.1 Å². The molecule has 2 rings (SSSR count). The molecule has 0 saturated carbocycles. The highest BCUT2D eigenvalue weighted by Gasteiger charge is 2.14. The first-order valence-electron chi connectivity index (χ1n) is 7.93. The minimum atomic E-state index is -0.0723. The number of halogens is 1. The van der Waals surface area contributed by atoms with Crippen LogP contribution in [0.4, 0.5) is 0 Å². The molecule has 0 saturated heterocycles. The van der Waals surface area contributed by atoms with Crippen LogP contribution in [0.15, 0.2) is 11.6 Å². The van der Waals surface area contributed by atoms with Gasteiger partial charge in [-0.15, -0.1) is 22.7 Å². The third kappa shape index (κ3) is 7.73. The van der Waals surface area contributed by atoms with E-state index in [0.717, 1.165) is 27.9 Å². The summed E-state index contributed by atoms with van der Waals surface area (Å²) in [4.78, 5) is 32.5. The predicted molar refractivity (Wildman–Crippen MR) is 107 cm³/mol. The maximum atomic E-state index is 12.1. The summed E-state index contributed by atoms with van der Waals surface area (Å²) in [5, 5.41) is 9.32. The summed E-state index contributed by atoms with van der Waals surface area (Å²) >= 11 is 2.89. The first-order valence-corrected chi connectivity index (χ1v) is 11.8. The minimum absolute atomic E-state index is 0. The largest absolute Gasteiger partial charge is 1.00 e. The van der Waals surface area contributed by atoms with Gasteiger partial charge in [0.05, 0.1) is 23.7 Å². The predicted octanol–water partition coefficient (Wildman–Crippen LogP) is -1.05. The van der Waals surface area contributed by atoms with E-state index >= 15 is 0 Å². The van der Waals surface area contributed by atoms with Gasteiger partial charge >= 0.3 is 0 Å². The molecule has 2 heterocycles.